The molecule has 0 unspecified atom stereocenters. The summed E-state index contributed by atoms with van der Waals surface area (Å²) >= 11 is 3.00. The number of nitrogens with zero attached hydrogens (tertiary/aromatic N) is 1. The van der Waals surface area contributed by atoms with E-state index in [1.807, 2.05) is 29.2 Å². The number of aryl methyl sites for hydroxylation is 1. The summed E-state index contributed by atoms with van der Waals surface area (Å²) in [6, 6.07) is 5.27. The molecule has 0 spiro atoms. The summed E-state index contributed by atoms with van der Waals surface area (Å²) in [5.74, 6) is -0.163. The van der Waals surface area contributed by atoms with Crippen molar-refractivity contribution in [1.29, 1.82) is 0 Å². The van der Waals surface area contributed by atoms with Gasteiger partial charge in [-0.1, -0.05) is 6.07 Å². The first-order valence-corrected chi connectivity index (χ1v) is 6.20. The Kier molecular flexibility index (Phi) is 3.93. The number of hydrogen-bond donors (Lipinski definition) is 0. The molecule has 0 aliphatic carbocycles. The molecule has 1 rings (SSSR count). The molecule has 0 N–H and O–H groups in total. The van der Waals surface area contributed by atoms with E-state index in [9.17, 15) is 4.39 Å². The molecule has 0 aliphatic heterocycles. The van der Waals surface area contributed by atoms with Crippen LogP contribution in [-0.2, 0) is 0 Å². The zero-order chi connectivity index (χ0) is 9.84. The van der Waals surface area contributed by atoms with Gasteiger partial charge in [0.2, 0.25) is 0 Å². The van der Waals surface area contributed by atoms with E-state index >= 15 is 0 Å². The molecule has 72 valence electrons. The van der Waals surface area contributed by atoms with E-state index < -0.39 is 0 Å². The van der Waals surface area contributed by atoms with Gasteiger partial charge in [0, 0.05) is 12.5 Å². The lowest BCUT2D eigenvalue weighted by molar-refractivity contribution is 0.630. The Morgan fingerprint density at radius 2 is 1.85 bits per heavy atom. The lowest BCUT2D eigenvalue weighted by Gasteiger charge is -2.18. The van der Waals surface area contributed by atoms with E-state index in [4.69, 9.17) is 0 Å². The summed E-state index contributed by atoms with van der Waals surface area (Å²) in [5, 5.41) is 0. The van der Waals surface area contributed by atoms with Crippen molar-refractivity contribution in [3.05, 3.63) is 29.6 Å². The summed E-state index contributed by atoms with van der Waals surface area (Å²) in [4.78, 5) is 0. The molecule has 1 nitrogen and oxygen atoms in total. The average Bonchev–Trinajstić information content (AvgIpc) is 2.10. The topological polar surface area (TPSA) is 3.24 Å². The Morgan fingerprint density at radius 3 is 2.31 bits per heavy atom. The van der Waals surface area contributed by atoms with Gasteiger partial charge in [0.25, 0.3) is 0 Å². The van der Waals surface area contributed by atoms with Gasteiger partial charge in [-0.3, -0.25) is 3.71 Å². The Hall–Kier alpha value is -0.350. The molecule has 13 heavy (non-hydrogen) atoms. The highest BCUT2D eigenvalue weighted by Gasteiger charge is 2.09. The van der Waals surface area contributed by atoms with Crippen molar-refractivity contribution in [2.75, 3.05) is 16.2 Å². The molecule has 4 heteroatoms. The van der Waals surface area contributed by atoms with Gasteiger partial charge in [0.15, 0.2) is 0 Å². The standard InChI is InChI=1S/C9H12FNS2/c1-7-4-5-9(8(10)6-7)11(12-2)13-3/h4-6H,1-3H3. The third-order valence-corrected chi connectivity index (χ3v) is 3.58. The van der Waals surface area contributed by atoms with Crippen LogP contribution >= 0.6 is 23.9 Å². The minimum Gasteiger partial charge on any atom is -0.256 e. The van der Waals surface area contributed by atoms with Crippen LogP contribution in [0.3, 0.4) is 0 Å². The smallest absolute Gasteiger partial charge is 0.148 e. The van der Waals surface area contributed by atoms with Gasteiger partial charge >= 0.3 is 0 Å². The SMILES string of the molecule is CSN(SC)c1ccc(C)cc1F. The van der Waals surface area contributed by atoms with E-state index in [0.29, 0.717) is 5.69 Å². The van der Waals surface area contributed by atoms with E-state index in [1.54, 1.807) is 12.1 Å². The second-order valence-electron chi connectivity index (χ2n) is 2.58. The highest BCUT2D eigenvalue weighted by Crippen LogP contribution is 2.30. The van der Waals surface area contributed by atoms with Gasteiger partial charge in [-0.05, 0) is 48.5 Å². The maximum absolute atomic E-state index is 13.4. The molecule has 0 aromatic heterocycles. The first kappa shape index (κ1) is 10.7. The predicted octanol–water partition coefficient (Wildman–Crippen LogP) is 3.50. The molecule has 0 bridgehead atoms. The van der Waals surface area contributed by atoms with Crippen molar-refractivity contribution in [2.24, 2.45) is 0 Å². The molecular weight excluding hydrogens is 205 g/mol. The number of benzene rings is 1. The van der Waals surface area contributed by atoms with Crippen molar-refractivity contribution in [2.45, 2.75) is 6.92 Å². The molecule has 0 heterocycles. The Morgan fingerprint density at radius 1 is 1.23 bits per heavy atom. The van der Waals surface area contributed by atoms with Crippen LogP contribution in [0.4, 0.5) is 10.1 Å². The van der Waals surface area contributed by atoms with Gasteiger partial charge in [-0.15, -0.1) is 0 Å². The zero-order valence-electron chi connectivity index (χ0n) is 7.87. The monoisotopic (exact) mass is 217 g/mol. The van der Waals surface area contributed by atoms with Crippen molar-refractivity contribution < 1.29 is 4.39 Å². The van der Waals surface area contributed by atoms with Crippen LogP contribution in [0, 0.1) is 12.7 Å². The van der Waals surface area contributed by atoms with E-state index in [2.05, 4.69) is 0 Å². The maximum atomic E-state index is 13.4. The first-order chi connectivity index (χ1) is 6.19. The third kappa shape index (κ3) is 2.54. The largest absolute Gasteiger partial charge is 0.256 e. The maximum Gasteiger partial charge on any atom is 0.148 e. The second kappa shape index (κ2) is 4.77. The minimum atomic E-state index is -0.163. The molecule has 0 fully saturated rings. The normalized spacial score (nSPS) is 10.2. The van der Waals surface area contributed by atoms with Crippen LogP contribution in [0.15, 0.2) is 18.2 Å². The molecular formula is C9H12FNS2. The molecule has 0 radical (unpaired) electrons. The Bertz CT molecular complexity index is 287. The van der Waals surface area contributed by atoms with Gasteiger partial charge < -0.3 is 0 Å². The predicted molar refractivity (Wildman–Crippen MR) is 60.6 cm³/mol. The summed E-state index contributed by atoms with van der Waals surface area (Å²) in [6.45, 7) is 1.88. The third-order valence-electron chi connectivity index (χ3n) is 1.63. The highest BCUT2D eigenvalue weighted by atomic mass is 32.2. The lowest BCUT2D eigenvalue weighted by atomic mass is 10.2. The molecule has 0 saturated carbocycles. The summed E-state index contributed by atoms with van der Waals surface area (Å²) in [7, 11) is 0. The molecule has 0 aliphatic rings. The van der Waals surface area contributed by atoms with Crippen molar-refractivity contribution in [1.82, 2.24) is 0 Å². The highest BCUT2D eigenvalue weighted by molar-refractivity contribution is 8.17. The minimum absolute atomic E-state index is 0.163. The van der Waals surface area contributed by atoms with Crippen LogP contribution < -0.4 is 3.71 Å². The first-order valence-electron chi connectivity index (χ1n) is 3.83. The number of hydrogen-bond acceptors (Lipinski definition) is 3. The van der Waals surface area contributed by atoms with Crippen LogP contribution in [0.5, 0.6) is 0 Å². The zero-order valence-corrected chi connectivity index (χ0v) is 9.51. The second-order valence-corrected chi connectivity index (χ2v) is 4.27. The average molecular weight is 217 g/mol. The fourth-order valence-corrected chi connectivity index (χ4v) is 2.32. The lowest BCUT2D eigenvalue weighted by Crippen LogP contribution is -2.03. The molecule has 1 aromatic carbocycles. The van der Waals surface area contributed by atoms with E-state index in [-0.39, 0.29) is 5.82 Å². The fraction of sp³-hybridized carbons (Fsp3) is 0.333. The van der Waals surface area contributed by atoms with Gasteiger partial charge in [0.05, 0.1) is 5.69 Å². The van der Waals surface area contributed by atoms with Crippen LogP contribution in [-0.4, -0.2) is 12.5 Å². The van der Waals surface area contributed by atoms with Crippen LogP contribution in [0.2, 0.25) is 0 Å². The molecule has 0 saturated heterocycles. The number of halogens is 1. The van der Waals surface area contributed by atoms with Gasteiger partial charge in [-0.25, -0.2) is 4.39 Å². The molecule has 1 aromatic rings. The summed E-state index contributed by atoms with van der Waals surface area (Å²) in [6.07, 6.45) is 3.85. The Labute approximate surface area is 87.0 Å². The Balaban J connectivity index is 2.99. The van der Waals surface area contributed by atoms with E-state index in [0.717, 1.165) is 5.56 Å². The van der Waals surface area contributed by atoms with Crippen LogP contribution in [0.25, 0.3) is 0 Å². The van der Waals surface area contributed by atoms with Gasteiger partial charge in [-0.2, -0.15) is 0 Å². The van der Waals surface area contributed by atoms with Crippen LogP contribution in [0.1, 0.15) is 5.56 Å². The number of rotatable bonds is 3. The van der Waals surface area contributed by atoms with Crippen molar-refractivity contribution in [3.63, 3.8) is 0 Å². The molecule has 0 amide bonds. The van der Waals surface area contributed by atoms with E-state index in [1.165, 1.54) is 23.9 Å². The quantitative estimate of drug-likeness (QED) is 0.713. The summed E-state index contributed by atoms with van der Waals surface area (Å²) < 4.78 is 15.2. The summed E-state index contributed by atoms with van der Waals surface area (Å²) in [5.41, 5.74) is 1.58. The number of anilines is 1. The molecule has 0 atom stereocenters. The van der Waals surface area contributed by atoms with Crippen molar-refractivity contribution >= 4 is 29.6 Å². The van der Waals surface area contributed by atoms with Gasteiger partial charge in [0.1, 0.15) is 5.82 Å². The van der Waals surface area contributed by atoms with Crippen molar-refractivity contribution in [3.8, 4) is 0 Å². The fourth-order valence-electron chi connectivity index (χ4n) is 1.03.